The van der Waals surface area contributed by atoms with Crippen molar-refractivity contribution in [2.75, 3.05) is 5.32 Å². The van der Waals surface area contributed by atoms with Gasteiger partial charge in [0.15, 0.2) is 5.69 Å². The van der Waals surface area contributed by atoms with E-state index in [1.165, 1.54) is 0 Å². The topological polar surface area (TPSA) is 157 Å². The maximum Gasteiger partial charge on any atom is 0.356 e. The highest BCUT2D eigenvalue weighted by Gasteiger charge is 2.37. The third-order valence-corrected chi connectivity index (χ3v) is 6.34. The summed E-state index contributed by atoms with van der Waals surface area (Å²) in [4.78, 5) is 51.0. The number of carboxylic acid groups (broad SMARTS) is 1. The van der Waals surface area contributed by atoms with E-state index in [-0.39, 0.29) is 23.9 Å². The molecular weight excluding hydrogens is 484 g/mol. The zero-order chi connectivity index (χ0) is 27.4. The Kier molecular flexibility index (Phi) is 7.92. The van der Waals surface area contributed by atoms with E-state index in [1.807, 2.05) is 50.4 Å². The van der Waals surface area contributed by atoms with E-state index in [2.05, 4.69) is 20.3 Å². The van der Waals surface area contributed by atoms with Crippen LogP contribution in [0.2, 0.25) is 0 Å². The first-order valence-corrected chi connectivity index (χ1v) is 12.4. The second kappa shape index (κ2) is 11.3. The number of fused-ring (bicyclic) bond motifs is 1. The molecule has 6 N–H and O–H groups in total. The van der Waals surface area contributed by atoms with Crippen molar-refractivity contribution in [2.24, 2.45) is 11.7 Å². The van der Waals surface area contributed by atoms with Crippen LogP contribution in [0, 0.1) is 12.8 Å². The summed E-state index contributed by atoms with van der Waals surface area (Å²) in [5, 5.41) is 13.3. The fourth-order valence-corrected chi connectivity index (χ4v) is 4.56. The number of carbonyl (C=O) groups is 3. The Morgan fingerprint density at radius 3 is 2.42 bits per heavy atom. The number of benzene rings is 2. The number of aromatic amines is 2. The van der Waals surface area contributed by atoms with E-state index >= 15 is 0 Å². The first-order valence-electron chi connectivity index (χ1n) is 12.4. The number of para-hydroxylation sites is 2. The molecule has 0 saturated heterocycles. The van der Waals surface area contributed by atoms with Crippen molar-refractivity contribution in [3.05, 3.63) is 83.6 Å². The summed E-state index contributed by atoms with van der Waals surface area (Å²) >= 11 is 0. The van der Waals surface area contributed by atoms with Gasteiger partial charge in [-0.05, 0) is 43.0 Å². The molecule has 2 aromatic heterocycles. The number of amides is 3. The standard InChI is InChI=1S/C28H32N6O4/c1-16(2)13-21(29)26(35)34(28(38)32-19-9-5-4-6-10-19)23(25-31-17(3)24(33-25)27(36)37)14-18-15-30-22-12-8-7-11-20(18)22/h4-12,15-16,21,23,30H,13-14,29H2,1-3H3,(H,31,33)(H,32,38)(H,36,37)/t21-,23+/m0/s1. The number of carbonyl (C=O) groups excluding carboxylic acids is 2. The molecule has 0 aliphatic rings. The number of imide groups is 1. The van der Waals surface area contributed by atoms with Gasteiger partial charge in [-0.2, -0.15) is 0 Å². The molecule has 0 fully saturated rings. The summed E-state index contributed by atoms with van der Waals surface area (Å²) in [6, 6.07) is 13.9. The summed E-state index contributed by atoms with van der Waals surface area (Å²) < 4.78 is 0. The maximum atomic E-state index is 13.8. The van der Waals surface area contributed by atoms with Gasteiger partial charge in [0.05, 0.1) is 6.04 Å². The van der Waals surface area contributed by atoms with Crippen LogP contribution in [0.5, 0.6) is 0 Å². The molecule has 0 saturated carbocycles. The SMILES string of the molecule is Cc1[nH]c([C@@H](Cc2c[nH]c3ccccc23)N(C(=O)Nc2ccccc2)C(=O)[C@@H](N)CC(C)C)nc1C(=O)O. The smallest absolute Gasteiger partial charge is 0.356 e. The van der Waals surface area contributed by atoms with Gasteiger partial charge in [-0.3, -0.25) is 9.69 Å². The first kappa shape index (κ1) is 26.6. The van der Waals surface area contributed by atoms with Crippen LogP contribution >= 0.6 is 0 Å². The summed E-state index contributed by atoms with van der Waals surface area (Å²) in [5.41, 5.74) is 8.68. The number of hydrogen-bond acceptors (Lipinski definition) is 5. The van der Waals surface area contributed by atoms with Gasteiger partial charge in [-0.25, -0.2) is 14.6 Å². The Hall–Kier alpha value is -4.44. The Morgan fingerprint density at radius 2 is 1.76 bits per heavy atom. The molecule has 2 atom stereocenters. The van der Waals surface area contributed by atoms with E-state index in [0.717, 1.165) is 21.4 Å². The number of aromatic carboxylic acids is 1. The fourth-order valence-electron chi connectivity index (χ4n) is 4.56. The number of rotatable bonds is 9. The van der Waals surface area contributed by atoms with E-state index in [1.54, 1.807) is 31.2 Å². The second-order valence-electron chi connectivity index (χ2n) is 9.72. The molecule has 0 aliphatic carbocycles. The molecule has 0 spiro atoms. The molecule has 0 bridgehead atoms. The minimum Gasteiger partial charge on any atom is -0.476 e. The summed E-state index contributed by atoms with van der Waals surface area (Å²) in [6.07, 6.45) is 2.36. The van der Waals surface area contributed by atoms with Gasteiger partial charge < -0.3 is 26.1 Å². The number of imidazole rings is 1. The van der Waals surface area contributed by atoms with Gasteiger partial charge in [0, 0.05) is 34.9 Å². The number of nitrogens with zero attached hydrogens (tertiary/aromatic N) is 2. The van der Waals surface area contributed by atoms with Crippen LogP contribution in [0.25, 0.3) is 10.9 Å². The lowest BCUT2D eigenvalue weighted by Crippen LogP contribution is -2.51. The van der Waals surface area contributed by atoms with Crippen molar-refractivity contribution >= 4 is 34.5 Å². The maximum absolute atomic E-state index is 13.8. The zero-order valence-electron chi connectivity index (χ0n) is 21.6. The highest BCUT2D eigenvalue weighted by atomic mass is 16.4. The van der Waals surface area contributed by atoms with Gasteiger partial charge >= 0.3 is 12.0 Å². The third-order valence-electron chi connectivity index (χ3n) is 6.34. The molecule has 0 unspecified atom stereocenters. The van der Waals surface area contributed by atoms with Crippen LogP contribution in [0.1, 0.15) is 53.9 Å². The molecule has 4 rings (SSSR count). The number of H-pyrrole nitrogens is 2. The minimum absolute atomic E-state index is 0.115. The van der Waals surface area contributed by atoms with E-state index in [9.17, 15) is 19.5 Å². The third kappa shape index (κ3) is 5.76. The van der Waals surface area contributed by atoms with Crippen molar-refractivity contribution in [2.45, 2.75) is 45.7 Å². The minimum atomic E-state index is -1.21. The molecule has 0 aliphatic heterocycles. The lowest BCUT2D eigenvalue weighted by Gasteiger charge is -2.31. The highest BCUT2D eigenvalue weighted by molar-refractivity contribution is 6.03. The second-order valence-corrected chi connectivity index (χ2v) is 9.72. The zero-order valence-corrected chi connectivity index (χ0v) is 21.6. The number of nitrogens with one attached hydrogen (secondary N) is 3. The lowest BCUT2D eigenvalue weighted by atomic mass is 10.00. The van der Waals surface area contributed by atoms with Crippen LogP contribution in [-0.2, 0) is 11.2 Å². The number of aromatic nitrogens is 3. The van der Waals surface area contributed by atoms with Gasteiger partial charge in [0.2, 0.25) is 5.91 Å². The normalized spacial score (nSPS) is 12.9. The molecular formula is C28H32N6O4. The van der Waals surface area contributed by atoms with Crippen molar-refractivity contribution in [1.82, 2.24) is 19.9 Å². The van der Waals surface area contributed by atoms with Gasteiger partial charge in [0.25, 0.3) is 0 Å². The van der Waals surface area contributed by atoms with Crippen molar-refractivity contribution in [3.8, 4) is 0 Å². The number of hydrogen-bond donors (Lipinski definition) is 5. The number of aryl methyl sites for hydroxylation is 1. The fraction of sp³-hybridized carbons (Fsp3) is 0.286. The lowest BCUT2D eigenvalue weighted by molar-refractivity contribution is -0.131. The monoisotopic (exact) mass is 516 g/mol. The van der Waals surface area contributed by atoms with Crippen LogP contribution in [-0.4, -0.2) is 48.9 Å². The van der Waals surface area contributed by atoms with Crippen molar-refractivity contribution in [3.63, 3.8) is 0 Å². The number of urea groups is 1. The summed E-state index contributed by atoms with van der Waals surface area (Å²) in [6.45, 7) is 5.48. The summed E-state index contributed by atoms with van der Waals surface area (Å²) in [7, 11) is 0. The average Bonchev–Trinajstić information content (AvgIpc) is 3.47. The van der Waals surface area contributed by atoms with Crippen LogP contribution < -0.4 is 11.1 Å². The molecule has 198 valence electrons. The molecule has 0 radical (unpaired) electrons. The van der Waals surface area contributed by atoms with E-state index in [0.29, 0.717) is 17.8 Å². The average molecular weight is 517 g/mol. The molecule has 10 nitrogen and oxygen atoms in total. The molecule has 38 heavy (non-hydrogen) atoms. The van der Waals surface area contributed by atoms with Crippen LogP contribution in [0.4, 0.5) is 10.5 Å². The van der Waals surface area contributed by atoms with Gasteiger partial charge in [-0.1, -0.05) is 50.2 Å². The van der Waals surface area contributed by atoms with E-state index in [4.69, 9.17) is 5.73 Å². The molecule has 2 heterocycles. The summed E-state index contributed by atoms with van der Waals surface area (Å²) in [5.74, 6) is -1.50. The predicted molar refractivity (Wildman–Crippen MR) is 145 cm³/mol. The van der Waals surface area contributed by atoms with E-state index < -0.39 is 30.0 Å². The molecule has 3 amide bonds. The Bertz CT molecular complexity index is 1440. The largest absolute Gasteiger partial charge is 0.476 e. The quantitative estimate of drug-likeness (QED) is 0.218. The molecule has 4 aromatic rings. The molecule has 10 heteroatoms. The predicted octanol–water partition coefficient (Wildman–Crippen LogP) is 4.62. The Labute approximate surface area is 220 Å². The van der Waals surface area contributed by atoms with Crippen molar-refractivity contribution in [1.29, 1.82) is 0 Å². The van der Waals surface area contributed by atoms with Gasteiger partial charge in [0.1, 0.15) is 11.9 Å². The van der Waals surface area contributed by atoms with Crippen molar-refractivity contribution < 1.29 is 19.5 Å². The number of carboxylic acids is 1. The number of nitrogens with two attached hydrogens (primary N) is 1. The van der Waals surface area contributed by atoms with Crippen LogP contribution in [0.3, 0.4) is 0 Å². The Morgan fingerprint density at radius 1 is 1.08 bits per heavy atom. The van der Waals surface area contributed by atoms with Crippen LogP contribution in [0.15, 0.2) is 60.8 Å². The van der Waals surface area contributed by atoms with Gasteiger partial charge in [-0.15, -0.1) is 0 Å². The molecule has 2 aromatic carbocycles. The highest BCUT2D eigenvalue weighted by Crippen LogP contribution is 2.30. The Balaban J connectivity index is 1.83. The number of anilines is 1. The first-order chi connectivity index (χ1) is 18.2.